The molecule has 4 aromatic rings. The number of carbonyl (C=O) groups excluding carboxylic acids is 2. The molecule has 7 rings (SSSR count). The number of aromatic nitrogens is 6. The molecule has 5 N–H and O–H groups in total. The number of hydrogen-bond donors (Lipinski definition) is 5. The number of hydrogen-bond acceptors (Lipinski definition) is 14. The Bertz CT molecular complexity index is 2220. The van der Waals surface area contributed by atoms with Crippen LogP contribution in [0.2, 0.25) is 0 Å². The highest BCUT2D eigenvalue weighted by Crippen LogP contribution is 2.51. The maximum absolute atomic E-state index is 14.0. The lowest BCUT2D eigenvalue weighted by Crippen LogP contribution is -2.57. The van der Waals surface area contributed by atoms with Crippen LogP contribution in [0.5, 0.6) is 0 Å². The molecule has 3 aromatic heterocycles. The van der Waals surface area contributed by atoms with E-state index in [1.165, 1.54) is 0 Å². The van der Waals surface area contributed by atoms with E-state index >= 15 is 0 Å². The molecule has 1 saturated heterocycles. The van der Waals surface area contributed by atoms with Gasteiger partial charge in [-0.2, -0.15) is 23.4 Å². The Hall–Kier alpha value is -5.03. The predicted molar refractivity (Wildman–Crippen MR) is 238 cm³/mol. The number of amides is 2. The summed E-state index contributed by atoms with van der Waals surface area (Å²) >= 11 is 0. The second-order valence-electron chi connectivity index (χ2n) is 17.6. The normalized spacial score (nSPS) is 20.3. The van der Waals surface area contributed by atoms with Gasteiger partial charge in [0.25, 0.3) is 5.91 Å². The average molecular weight is 942 g/mol. The zero-order valence-corrected chi connectivity index (χ0v) is 38.3. The smallest absolute Gasteiger partial charge is 0.388 e. The van der Waals surface area contributed by atoms with Crippen LogP contribution in [0.1, 0.15) is 73.1 Å². The van der Waals surface area contributed by atoms with Gasteiger partial charge in [0, 0.05) is 29.2 Å². The van der Waals surface area contributed by atoms with E-state index in [9.17, 15) is 33.0 Å². The van der Waals surface area contributed by atoms with Crippen LogP contribution in [0.3, 0.4) is 0 Å². The number of alkyl halides is 3. The third-order valence-corrected chi connectivity index (χ3v) is 12.2. The SMILES string of the molecule is Cc1nn(CCOCCOCCOCCOC[C@H]2OC[C@H](Nc3cncc(C(F)(F)F)n3)[C@@H](O)[C@H]2O)c(C)c1-c1ccc(NC(=O)[C@@H](NC(=O)c2ccnn2C(C)C)C(C2CC2)C2CC2)cc1. The highest BCUT2D eigenvalue weighted by molar-refractivity contribution is 6.01. The van der Waals surface area contributed by atoms with Crippen molar-refractivity contribution in [2.75, 3.05) is 70.1 Å². The van der Waals surface area contributed by atoms with Gasteiger partial charge in [0.05, 0.1) is 90.1 Å². The number of ether oxygens (including phenoxy) is 5. The van der Waals surface area contributed by atoms with Crippen molar-refractivity contribution in [2.45, 2.75) is 103 Å². The van der Waals surface area contributed by atoms with Crippen molar-refractivity contribution in [3.63, 3.8) is 0 Å². The van der Waals surface area contributed by atoms with Gasteiger partial charge in [-0.25, -0.2) is 4.98 Å². The van der Waals surface area contributed by atoms with Crippen molar-refractivity contribution in [3.05, 3.63) is 71.7 Å². The summed E-state index contributed by atoms with van der Waals surface area (Å²) in [6, 6.07) is 7.86. The molecule has 67 heavy (non-hydrogen) atoms. The third-order valence-electron chi connectivity index (χ3n) is 12.2. The lowest BCUT2D eigenvalue weighted by Gasteiger charge is -2.38. The van der Waals surface area contributed by atoms with Crippen LogP contribution in [0.4, 0.5) is 24.7 Å². The molecule has 3 aliphatic rings. The van der Waals surface area contributed by atoms with Crippen molar-refractivity contribution < 1.29 is 56.7 Å². The Morgan fingerprint density at radius 1 is 0.881 bits per heavy atom. The zero-order chi connectivity index (χ0) is 47.7. The number of carbonyl (C=O) groups is 2. The fourth-order valence-electron chi connectivity index (χ4n) is 8.55. The molecule has 366 valence electrons. The van der Waals surface area contributed by atoms with Crippen LogP contribution in [0.25, 0.3) is 11.1 Å². The van der Waals surface area contributed by atoms with Crippen molar-refractivity contribution in [2.24, 2.45) is 17.8 Å². The minimum absolute atomic E-state index is 0.00645. The highest BCUT2D eigenvalue weighted by Gasteiger charge is 2.48. The first-order chi connectivity index (χ1) is 32.2. The van der Waals surface area contributed by atoms with E-state index in [1.807, 2.05) is 56.6 Å². The number of rotatable bonds is 25. The molecule has 0 bridgehead atoms. The largest absolute Gasteiger partial charge is 0.434 e. The molecule has 2 aliphatic carbocycles. The van der Waals surface area contributed by atoms with Gasteiger partial charge in [-0.1, -0.05) is 12.1 Å². The first-order valence-electron chi connectivity index (χ1n) is 22.9. The maximum Gasteiger partial charge on any atom is 0.434 e. The van der Waals surface area contributed by atoms with Gasteiger partial charge >= 0.3 is 6.18 Å². The van der Waals surface area contributed by atoms with Gasteiger partial charge in [0.15, 0.2) is 5.69 Å². The monoisotopic (exact) mass is 941 g/mol. The van der Waals surface area contributed by atoms with E-state index < -0.39 is 42.3 Å². The van der Waals surface area contributed by atoms with Crippen LogP contribution in [0, 0.1) is 31.6 Å². The summed E-state index contributed by atoms with van der Waals surface area (Å²) in [5.41, 5.74) is 3.76. The van der Waals surface area contributed by atoms with Gasteiger partial charge in [-0.15, -0.1) is 0 Å². The molecule has 21 heteroatoms. The molecule has 1 aromatic carbocycles. The Morgan fingerprint density at radius 2 is 1.52 bits per heavy atom. The van der Waals surface area contributed by atoms with Gasteiger partial charge in [0.2, 0.25) is 5.91 Å². The van der Waals surface area contributed by atoms with Crippen LogP contribution in [-0.4, -0.2) is 141 Å². The number of anilines is 2. The summed E-state index contributed by atoms with van der Waals surface area (Å²) in [7, 11) is 0. The summed E-state index contributed by atoms with van der Waals surface area (Å²) in [6.07, 6.45) is -0.623. The standard InChI is InChI=1S/C46H62F3N9O9/c1-27(2)58-35(13-14-51-58)44(61)55-41(40(31-5-6-31)32-7-8-32)45(62)52-33-11-9-30(10-12-33)39-28(3)56-57(29(39)4)15-16-63-17-18-64-19-20-65-21-22-66-26-36-43(60)42(59)34(25-67-36)53-38-24-50-23-37(54-38)46(47,48)49/h9-14,23-24,27,31-32,34,36,40-43,59-60H,5-8,15-22,25-26H2,1-4H3,(H,52,62)(H,53,54)(H,55,61)/t34-,36+,41-,42+,43-/m0/s1. The predicted octanol–water partition coefficient (Wildman–Crippen LogP) is 4.59. The fourth-order valence-corrected chi connectivity index (χ4v) is 8.55. The van der Waals surface area contributed by atoms with E-state index in [2.05, 4.69) is 31.0 Å². The molecule has 3 fully saturated rings. The van der Waals surface area contributed by atoms with E-state index in [0.29, 0.717) is 69.0 Å². The number of halogens is 3. The number of nitrogens with one attached hydrogen (secondary N) is 3. The summed E-state index contributed by atoms with van der Waals surface area (Å²) in [5.74, 6) is 0.278. The molecule has 4 heterocycles. The lowest BCUT2D eigenvalue weighted by molar-refractivity contribution is -0.161. The van der Waals surface area contributed by atoms with Crippen LogP contribution < -0.4 is 16.0 Å². The minimum Gasteiger partial charge on any atom is -0.388 e. The second kappa shape index (κ2) is 22.8. The van der Waals surface area contributed by atoms with Crippen LogP contribution in [0.15, 0.2) is 48.9 Å². The number of benzene rings is 1. The fraction of sp³-hybridized carbons (Fsp3) is 0.609. The number of aliphatic hydroxyl groups excluding tert-OH is 2. The van der Waals surface area contributed by atoms with Gasteiger partial charge in [-0.3, -0.25) is 23.9 Å². The van der Waals surface area contributed by atoms with E-state index in [-0.39, 0.29) is 56.0 Å². The molecule has 1 aliphatic heterocycles. The van der Waals surface area contributed by atoms with Gasteiger partial charge < -0.3 is 49.8 Å². The maximum atomic E-state index is 14.0. The number of aryl methyl sites for hydroxylation is 1. The summed E-state index contributed by atoms with van der Waals surface area (Å²) in [5, 5.41) is 38.9. The molecular weight excluding hydrogens is 880 g/mol. The summed E-state index contributed by atoms with van der Waals surface area (Å²) in [4.78, 5) is 34.5. The Morgan fingerprint density at radius 3 is 2.15 bits per heavy atom. The first-order valence-corrected chi connectivity index (χ1v) is 22.9. The van der Waals surface area contributed by atoms with E-state index in [0.717, 1.165) is 54.4 Å². The minimum atomic E-state index is -4.68. The number of nitrogens with zero attached hydrogens (tertiary/aromatic N) is 6. The van der Waals surface area contributed by atoms with E-state index in [1.54, 1.807) is 16.9 Å². The van der Waals surface area contributed by atoms with Crippen molar-refractivity contribution in [3.8, 4) is 11.1 Å². The van der Waals surface area contributed by atoms with Gasteiger partial charge in [-0.05, 0) is 94.9 Å². The summed E-state index contributed by atoms with van der Waals surface area (Å²) < 4.78 is 70.6. The van der Waals surface area contributed by atoms with E-state index in [4.69, 9.17) is 28.8 Å². The molecule has 5 atom stereocenters. The molecule has 2 amide bonds. The molecule has 2 saturated carbocycles. The third kappa shape index (κ3) is 13.4. The van der Waals surface area contributed by atoms with Gasteiger partial charge in [0.1, 0.15) is 35.9 Å². The first kappa shape index (κ1) is 49.9. The molecular formula is C46H62F3N9O9. The summed E-state index contributed by atoms with van der Waals surface area (Å²) in [6.45, 7) is 10.6. The second-order valence-corrected chi connectivity index (χ2v) is 17.6. The van der Waals surface area contributed by atoms with Crippen LogP contribution in [-0.2, 0) is 41.2 Å². The number of aliphatic hydroxyl groups is 2. The van der Waals surface area contributed by atoms with Crippen molar-refractivity contribution in [1.29, 1.82) is 0 Å². The average Bonchev–Trinajstić information content (AvgIpc) is 4.24. The van der Waals surface area contributed by atoms with Crippen LogP contribution >= 0.6 is 0 Å². The molecule has 18 nitrogen and oxygen atoms in total. The Balaban J connectivity index is 0.762. The highest BCUT2D eigenvalue weighted by atomic mass is 19.4. The lowest BCUT2D eigenvalue weighted by atomic mass is 9.88. The zero-order valence-electron chi connectivity index (χ0n) is 38.3. The van der Waals surface area contributed by atoms with Crippen molar-refractivity contribution in [1.82, 2.24) is 34.8 Å². The Kier molecular flexibility index (Phi) is 17.0. The molecule has 0 unspecified atom stereocenters. The van der Waals surface area contributed by atoms with Crippen molar-refractivity contribution >= 4 is 23.3 Å². The Labute approximate surface area is 387 Å². The topological polar surface area (TPSA) is 218 Å². The molecule has 0 radical (unpaired) electrons. The molecule has 0 spiro atoms. The quantitative estimate of drug-likeness (QED) is 0.0575.